The Balaban J connectivity index is 2.31. The van der Waals surface area contributed by atoms with Crippen LogP contribution in [0.15, 0.2) is 40.9 Å². The molecule has 0 fully saturated rings. The molecular formula is C14H11Br2ClO. The average Bonchev–Trinajstić information content (AvgIpc) is 2.36. The Kier molecular flexibility index (Phi) is 4.71. The summed E-state index contributed by atoms with van der Waals surface area (Å²) in [7, 11) is 0. The van der Waals surface area contributed by atoms with Gasteiger partial charge in [-0.25, -0.2) is 0 Å². The predicted molar refractivity (Wildman–Crippen MR) is 83.0 cm³/mol. The normalized spacial score (nSPS) is 10.4. The molecule has 0 heterocycles. The van der Waals surface area contributed by atoms with Crippen LogP contribution in [-0.4, -0.2) is 0 Å². The van der Waals surface area contributed by atoms with E-state index in [1.807, 2.05) is 43.3 Å². The molecule has 0 saturated heterocycles. The number of hydrogen-bond donors (Lipinski definition) is 0. The van der Waals surface area contributed by atoms with E-state index in [0.29, 0.717) is 10.8 Å². The van der Waals surface area contributed by atoms with Crippen molar-refractivity contribution >= 4 is 43.5 Å². The topological polar surface area (TPSA) is 9.23 Å². The van der Waals surface area contributed by atoms with Crippen LogP contribution < -0.4 is 4.74 Å². The Labute approximate surface area is 128 Å². The third-order valence-electron chi connectivity index (χ3n) is 2.46. The molecular weight excluding hydrogens is 379 g/mol. The number of alkyl halides is 1. The second-order valence-electron chi connectivity index (χ2n) is 3.93. The maximum Gasteiger partial charge on any atom is 0.146 e. The molecule has 0 amide bonds. The zero-order valence-electron chi connectivity index (χ0n) is 9.71. The molecule has 0 bridgehead atoms. The van der Waals surface area contributed by atoms with Crippen LogP contribution in [-0.2, 0) is 5.33 Å². The fourth-order valence-electron chi connectivity index (χ4n) is 1.52. The quantitative estimate of drug-likeness (QED) is 0.576. The van der Waals surface area contributed by atoms with E-state index in [1.165, 1.54) is 5.56 Å². The highest BCUT2D eigenvalue weighted by molar-refractivity contribution is 9.10. The highest BCUT2D eigenvalue weighted by Crippen LogP contribution is 2.34. The van der Waals surface area contributed by atoms with Crippen molar-refractivity contribution < 1.29 is 4.74 Å². The molecule has 0 spiro atoms. The van der Waals surface area contributed by atoms with Gasteiger partial charge in [-0.15, -0.1) is 0 Å². The molecule has 0 saturated carbocycles. The van der Waals surface area contributed by atoms with Gasteiger partial charge in [0.2, 0.25) is 0 Å². The minimum absolute atomic E-state index is 0.608. The molecule has 0 unspecified atom stereocenters. The van der Waals surface area contributed by atoms with Crippen LogP contribution in [0, 0.1) is 6.92 Å². The van der Waals surface area contributed by atoms with Crippen molar-refractivity contribution in [3.05, 3.63) is 57.0 Å². The molecule has 0 aromatic heterocycles. The van der Waals surface area contributed by atoms with Gasteiger partial charge in [0.25, 0.3) is 0 Å². The second kappa shape index (κ2) is 6.09. The van der Waals surface area contributed by atoms with Gasteiger partial charge in [-0.1, -0.05) is 39.7 Å². The second-order valence-corrected chi connectivity index (χ2v) is 5.76. The van der Waals surface area contributed by atoms with E-state index in [2.05, 4.69) is 31.9 Å². The lowest BCUT2D eigenvalue weighted by Gasteiger charge is -2.10. The molecule has 0 aliphatic heterocycles. The number of ether oxygens (including phenoxy) is 1. The smallest absolute Gasteiger partial charge is 0.146 e. The van der Waals surface area contributed by atoms with Crippen molar-refractivity contribution in [1.29, 1.82) is 0 Å². The van der Waals surface area contributed by atoms with Crippen LogP contribution in [0.5, 0.6) is 11.5 Å². The Morgan fingerprint density at radius 3 is 2.56 bits per heavy atom. The van der Waals surface area contributed by atoms with Crippen LogP contribution in [0.4, 0.5) is 0 Å². The first-order chi connectivity index (χ1) is 8.60. The van der Waals surface area contributed by atoms with Gasteiger partial charge < -0.3 is 4.74 Å². The first-order valence-electron chi connectivity index (χ1n) is 5.38. The maximum absolute atomic E-state index is 6.11. The van der Waals surface area contributed by atoms with Crippen LogP contribution in [0.3, 0.4) is 0 Å². The summed E-state index contributed by atoms with van der Waals surface area (Å²) in [6.45, 7) is 2.01. The van der Waals surface area contributed by atoms with Crippen molar-refractivity contribution in [2.45, 2.75) is 12.3 Å². The minimum Gasteiger partial charge on any atom is -0.455 e. The lowest BCUT2D eigenvalue weighted by Crippen LogP contribution is -1.88. The molecule has 4 heteroatoms. The van der Waals surface area contributed by atoms with Gasteiger partial charge in [0, 0.05) is 5.33 Å². The van der Waals surface area contributed by atoms with Gasteiger partial charge in [0.15, 0.2) is 0 Å². The van der Waals surface area contributed by atoms with Gasteiger partial charge in [-0.05, 0) is 58.2 Å². The SMILES string of the molecule is Cc1ccc(Cl)c(Oc2ccc(CBr)cc2Br)c1. The van der Waals surface area contributed by atoms with E-state index in [9.17, 15) is 0 Å². The molecule has 2 aromatic carbocycles. The van der Waals surface area contributed by atoms with Gasteiger partial charge in [-0.3, -0.25) is 0 Å². The van der Waals surface area contributed by atoms with Crippen LogP contribution in [0.25, 0.3) is 0 Å². The lowest BCUT2D eigenvalue weighted by molar-refractivity contribution is 0.479. The molecule has 0 radical (unpaired) electrons. The third-order valence-corrected chi connectivity index (χ3v) is 4.04. The molecule has 2 aromatic rings. The Bertz CT molecular complexity index is 570. The molecule has 0 aliphatic carbocycles. The first-order valence-corrected chi connectivity index (χ1v) is 7.68. The van der Waals surface area contributed by atoms with Crippen molar-refractivity contribution in [3.63, 3.8) is 0 Å². The molecule has 1 nitrogen and oxygen atoms in total. The summed E-state index contributed by atoms with van der Waals surface area (Å²) >= 11 is 13.0. The minimum atomic E-state index is 0.608. The molecule has 0 N–H and O–H groups in total. The Morgan fingerprint density at radius 2 is 1.89 bits per heavy atom. The maximum atomic E-state index is 6.11. The van der Waals surface area contributed by atoms with Gasteiger partial charge in [0.1, 0.15) is 11.5 Å². The zero-order chi connectivity index (χ0) is 13.1. The highest BCUT2D eigenvalue weighted by atomic mass is 79.9. The average molecular weight is 391 g/mol. The monoisotopic (exact) mass is 388 g/mol. The largest absolute Gasteiger partial charge is 0.455 e. The predicted octanol–water partition coefficient (Wildman–Crippen LogP) is 6.10. The number of hydrogen-bond acceptors (Lipinski definition) is 1. The van der Waals surface area contributed by atoms with E-state index < -0.39 is 0 Å². The summed E-state index contributed by atoms with van der Waals surface area (Å²) in [6, 6.07) is 11.7. The van der Waals surface area contributed by atoms with Crippen LogP contribution >= 0.6 is 43.5 Å². The van der Waals surface area contributed by atoms with Gasteiger partial charge >= 0.3 is 0 Å². The van der Waals surface area contributed by atoms with E-state index in [0.717, 1.165) is 21.1 Å². The van der Waals surface area contributed by atoms with Crippen molar-refractivity contribution in [3.8, 4) is 11.5 Å². The van der Waals surface area contributed by atoms with E-state index >= 15 is 0 Å². The standard InChI is InChI=1S/C14H11Br2ClO/c1-9-2-4-12(17)14(6-9)18-13-5-3-10(8-15)7-11(13)16/h2-7H,8H2,1H3. The van der Waals surface area contributed by atoms with Crippen molar-refractivity contribution in [2.24, 2.45) is 0 Å². The molecule has 94 valence electrons. The number of aryl methyl sites for hydroxylation is 1. The Hall–Kier alpha value is -0.510. The molecule has 2 rings (SSSR count). The fourth-order valence-corrected chi connectivity index (χ4v) is 2.53. The first kappa shape index (κ1) is 13.9. The van der Waals surface area contributed by atoms with Gasteiger partial charge in [-0.2, -0.15) is 0 Å². The van der Waals surface area contributed by atoms with Crippen LogP contribution in [0.1, 0.15) is 11.1 Å². The van der Waals surface area contributed by atoms with Crippen molar-refractivity contribution in [1.82, 2.24) is 0 Å². The van der Waals surface area contributed by atoms with E-state index in [1.54, 1.807) is 0 Å². The van der Waals surface area contributed by atoms with Crippen molar-refractivity contribution in [2.75, 3.05) is 0 Å². The fraction of sp³-hybridized carbons (Fsp3) is 0.143. The summed E-state index contributed by atoms with van der Waals surface area (Å²) < 4.78 is 6.74. The number of rotatable bonds is 3. The number of halogens is 3. The van der Waals surface area contributed by atoms with Crippen LogP contribution in [0.2, 0.25) is 5.02 Å². The lowest BCUT2D eigenvalue weighted by atomic mass is 10.2. The molecule has 0 aliphatic rings. The number of benzene rings is 2. The van der Waals surface area contributed by atoms with E-state index in [-0.39, 0.29) is 0 Å². The third kappa shape index (κ3) is 3.28. The summed E-state index contributed by atoms with van der Waals surface area (Å²) in [6.07, 6.45) is 0. The zero-order valence-corrected chi connectivity index (χ0v) is 13.6. The highest BCUT2D eigenvalue weighted by Gasteiger charge is 2.07. The molecule has 0 atom stereocenters. The Morgan fingerprint density at radius 1 is 1.11 bits per heavy atom. The summed E-state index contributed by atoms with van der Waals surface area (Å²) in [4.78, 5) is 0. The summed E-state index contributed by atoms with van der Waals surface area (Å²) in [5.41, 5.74) is 2.30. The summed E-state index contributed by atoms with van der Waals surface area (Å²) in [5.74, 6) is 1.43. The summed E-state index contributed by atoms with van der Waals surface area (Å²) in [5, 5.41) is 1.42. The van der Waals surface area contributed by atoms with E-state index in [4.69, 9.17) is 16.3 Å². The molecule has 18 heavy (non-hydrogen) atoms. The van der Waals surface area contributed by atoms with Gasteiger partial charge in [0.05, 0.1) is 9.50 Å².